The summed E-state index contributed by atoms with van der Waals surface area (Å²) in [5.74, 6) is -1.16. The Labute approximate surface area is 146 Å². The molecule has 0 spiro atoms. The largest absolute Gasteiger partial charge is 0.482 e. The van der Waals surface area contributed by atoms with Crippen LogP contribution in [-0.2, 0) is 14.3 Å². The maximum Gasteiger partial charge on any atom is 0.344 e. The molecule has 1 atom stereocenters. The molecule has 1 rings (SSSR count). The van der Waals surface area contributed by atoms with Crippen LogP contribution in [0.4, 0.5) is 0 Å². The van der Waals surface area contributed by atoms with Crippen LogP contribution in [0.3, 0.4) is 0 Å². The number of ether oxygens (including phenoxy) is 2. The Morgan fingerprint density at radius 2 is 1.96 bits per heavy atom. The van der Waals surface area contributed by atoms with Gasteiger partial charge in [-0.2, -0.15) is 5.26 Å². The average Bonchev–Trinajstić information content (AvgIpc) is 2.58. The highest BCUT2D eigenvalue weighted by atomic mass is 16.6. The molecule has 7 heteroatoms. The summed E-state index contributed by atoms with van der Waals surface area (Å²) in [7, 11) is 0. The minimum atomic E-state index is -1.03. The summed E-state index contributed by atoms with van der Waals surface area (Å²) in [5, 5.41) is 11.7. The zero-order valence-electron chi connectivity index (χ0n) is 14.8. The van der Waals surface area contributed by atoms with Gasteiger partial charge in [0.1, 0.15) is 11.3 Å². The van der Waals surface area contributed by atoms with Crippen molar-refractivity contribution in [2.75, 3.05) is 13.2 Å². The van der Waals surface area contributed by atoms with E-state index in [1.165, 1.54) is 13.0 Å². The first-order valence-corrected chi connectivity index (χ1v) is 7.79. The van der Waals surface area contributed by atoms with Crippen molar-refractivity contribution in [3.63, 3.8) is 0 Å². The number of hydrogen-bond donors (Lipinski definition) is 1. The zero-order chi connectivity index (χ0) is 19.0. The van der Waals surface area contributed by atoms with Crippen LogP contribution in [0.15, 0.2) is 24.3 Å². The minimum absolute atomic E-state index is 0.103. The van der Waals surface area contributed by atoms with Gasteiger partial charge < -0.3 is 14.8 Å². The molecular formula is C18H22N2O5. The first-order chi connectivity index (χ1) is 11.7. The van der Waals surface area contributed by atoms with Gasteiger partial charge in [-0.1, -0.05) is 26.0 Å². The number of nitrogens with zero attached hydrogens (tertiary/aromatic N) is 1. The molecule has 0 aliphatic heterocycles. The van der Waals surface area contributed by atoms with E-state index in [2.05, 4.69) is 5.32 Å². The number of esters is 1. The monoisotopic (exact) mass is 346 g/mol. The molecule has 134 valence electrons. The third kappa shape index (κ3) is 6.26. The summed E-state index contributed by atoms with van der Waals surface area (Å²) < 4.78 is 10.1. The van der Waals surface area contributed by atoms with Gasteiger partial charge in [-0.3, -0.25) is 9.59 Å². The van der Waals surface area contributed by atoms with Crippen LogP contribution in [0, 0.1) is 17.2 Å². The second-order valence-electron chi connectivity index (χ2n) is 6.05. The van der Waals surface area contributed by atoms with Gasteiger partial charge >= 0.3 is 5.97 Å². The Hall–Kier alpha value is -2.88. The van der Waals surface area contributed by atoms with Gasteiger partial charge in [-0.25, -0.2) is 4.79 Å². The van der Waals surface area contributed by atoms with Crippen LogP contribution in [0.5, 0.6) is 5.75 Å². The van der Waals surface area contributed by atoms with Crippen molar-refractivity contribution in [1.82, 2.24) is 5.32 Å². The summed E-state index contributed by atoms with van der Waals surface area (Å²) in [4.78, 5) is 34.7. The van der Waals surface area contributed by atoms with Crippen LogP contribution in [0.2, 0.25) is 0 Å². The third-order valence-corrected chi connectivity index (χ3v) is 3.75. The van der Waals surface area contributed by atoms with E-state index in [1.807, 2.05) is 6.07 Å². The molecule has 0 aliphatic carbocycles. The van der Waals surface area contributed by atoms with Gasteiger partial charge in [0.2, 0.25) is 0 Å². The first kappa shape index (κ1) is 20.2. The molecule has 0 radical (unpaired) electrons. The number of benzene rings is 1. The van der Waals surface area contributed by atoms with Gasteiger partial charge in [0.05, 0.1) is 6.07 Å². The van der Waals surface area contributed by atoms with Crippen LogP contribution in [0.1, 0.15) is 38.1 Å². The van der Waals surface area contributed by atoms with E-state index in [9.17, 15) is 14.4 Å². The van der Waals surface area contributed by atoms with Gasteiger partial charge in [-0.15, -0.1) is 0 Å². The van der Waals surface area contributed by atoms with Crippen molar-refractivity contribution < 1.29 is 23.9 Å². The molecule has 0 aliphatic rings. The first-order valence-electron chi connectivity index (χ1n) is 7.79. The van der Waals surface area contributed by atoms with Gasteiger partial charge in [0.15, 0.2) is 19.0 Å². The number of carbonyl (C=O) groups is 3. The lowest BCUT2D eigenvalue weighted by atomic mass is 9.90. The molecule has 0 saturated heterocycles. The summed E-state index contributed by atoms with van der Waals surface area (Å²) in [5.41, 5.74) is -0.567. The lowest BCUT2D eigenvalue weighted by Gasteiger charge is -2.27. The van der Waals surface area contributed by atoms with Crippen molar-refractivity contribution in [3.05, 3.63) is 29.8 Å². The molecule has 0 bridgehead atoms. The minimum Gasteiger partial charge on any atom is -0.482 e. The molecule has 1 N–H and O–H groups in total. The fourth-order valence-electron chi connectivity index (χ4n) is 1.76. The lowest BCUT2D eigenvalue weighted by Crippen LogP contribution is -2.50. The maximum atomic E-state index is 11.8. The van der Waals surface area contributed by atoms with E-state index in [0.29, 0.717) is 11.3 Å². The summed E-state index contributed by atoms with van der Waals surface area (Å²) >= 11 is 0. The van der Waals surface area contributed by atoms with E-state index in [1.54, 1.807) is 39.0 Å². The van der Waals surface area contributed by atoms with Crippen molar-refractivity contribution in [1.29, 1.82) is 5.26 Å². The van der Waals surface area contributed by atoms with Crippen molar-refractivity contribution in [2.24, 2.45) is 5.92 Å². The summed E-state index contributed by atoms with van der Waals surface area (Å²) in [6, 6.07) is 8.43. The van der Waals surface area contributed by atoms with Crippen molar-refractivity contribution in [2.45, 2.75) is 33.2 Å². The standard InChI is InChI=1S/C18H22N2O5/c1-12(2)18(4,11-19)20-16(22)9-25-17(23)10-24-15-7-5-6-14(8-15)13(3)21/h5-8,12H,9-10H2,1-4H3,(H,20,22)/t18-/m0/s1. The van der Waals surface area contributed by atoms with Crippen LogP contribution in [-0.4, -0.2) is 36.4 Å². The number of ketones is 1. The number of amides is 1. The molecule has 0 fully saturated rings. The van der Waals surface area contributed by atoms with E-state index < -0.39 is 30.6 Å². The zero-order valence-corrected chi connectivity index (χ0v) is 14.8. The predicted molar refractivity (Wildman–Crippen MR) is 89.9 cm³/mol. The van der Waals surface area contributed by atoms with Gasteiger partial charge in [-0.05, 0) is 31.9 Å². The third-order valence-electron chi connectivity index (χ3n) is 3.75. The maximum absolute atomic E-state index is 11.8. The Morgan fingerprint density at radius 3 is 2.52 bits per heavy atom. The highest BCUT2D eigenvalue weighted by Crippen LogP contribution is 2.15. The van der Waals surface area contributed by atoms with Crippen molar-refractivity contribution in [3.8, 4) is 11.8 Å². The number of nitrogens with one attached hydrogen (secondary N) is 1. The molecule has 1 amide bonds. The Kier molecular flexibility index (Phi) is 7.12. The second kappa shape index (κ2) is 8.83. The fourth-order valence-corrected chi connectivity index (χ4v) is 1.76. The fraction of sp³-hybridized carbons (Fsp3) is 0.444. The number of hydrogen-bond acceptors (Lipinski definition) is 6. The van der Waals surface area contributed by atoms with Crippen molar-refractivity contribution >= 4 is 17.7 Å². The molecule has 0 heterocycles. The Morgan fingerprint density at radius 1 is 1.28 bits per heavy atom. The Bertz CT molecular complexity index is 693. The topological polar surface area (TPSA) is 105 Å². The van der Waals surface area contributed by atoms with Crippen LogP contribution < -0.4 is 10.1 Å². The normalized spacial score (nSPS) is 12.6. The van der Waals surface area contributed by atoms with E-state index in [0.717, 1.165) is 0 Å². The van der Waals surface area contributed by atoms with Gasteiger partial charge in [0.25, 0.3) is 5.91 Å². The SMILES string of the molecule is CC(=O)c1cccc(OCC(=O)OCC(=O)N[C@@](C)(C#N)C(C)C)c1. The molecule has 0 saturated carbocycles. The second-order valence-corrected chi connectivity index (χ2v) is 6.05. The van der Waals surface area contributed by atoms with Crippen LogP contribution in [0.25, 0.3) is 0 Å². The molecular weight excluding hydrogens is 324 g/mol. The number of Topliss-reactive ketones (excluding diaryl/α,β-unsaturated/α-hetero) is 1. The summed E-state index contributed by atoms with van der Waals surface area (Å²) in [6.07, 6.45) is 0. The van der Waals surface area contributed by atoms with Gasteiger partial charge in [0, 0.05) is 5.56 Å². The smallest absolute Gasteiger partial charge is 0.344 e. The van der Waals surface area contributed by atoms with Crippen LogP contribution >= 0.6 is 0 Å². The number of carbonyl (C=O) groups excluding carboxylic acids is 3. The van der Waals surface area contributed by atoms with E-state index in [-0.39, 0.29) is 11.7 Å². The number of nitriles is 1. The predicted octanol–water partition coefficient (Wildman–Crippen LogP) is 1.87. The highest BCUT2D eigenvalue weighted by Gasteiger charge is 2.30. The van der Waals surface area contributed by atoms with E-state index in [4.69, 9.17) is 14.7 Å². The quantitative estimate of drug-likeness (QED) is 0.569. The molecule has 7 nitrogen and oxygen atoms in total. The average molecular weight is 346 g/mol. The van der Waals surface area contributed by atoms with E-state index >= 15 is 0 Å². The molecule has 25 heavy (non-hydrogen) atoms. The molecule has 1 aromatic carbocycles. The molecule has 1 aromatic rings. The molecule has 0 aromatic heterocycles. The molecule has 0 unspecified atom stereocenters. The lowest BCUT2D eigenvalue weighted by molar-refractivity contribution is -0.150. The Balaban J connectivity index is 2.45. The number of rotatable bonds is 8. The summed E-state index contributed by atoms with van der Waals surface area (Å²) in [6.45, 7) is 5.74. The highest BCUT2D eigenvalue weighted by molar-refractivity contribution is 5.94.